The van der Waals surface area contributed by atoms with Gasteiger partial charge in [-0.2, -0.15) is 4.31 Å². The molecule has 0 aliphatic carbocycles. The van der Waals surface area contributed by atoms with Gasteiger partial charge in [-0.1, -0.05) is 41.9 Å². The molecule has 1 aliphatic rings. The van der Waals surface area contributed by atoms with Crippen LogP contribution in [0.1, 0.15) is 5.56 Å². The van der Waals surface area contributed by atoms with Gasteiger partial charge in [-0.15, -0.1) is 0 Å². The van der Waals surface area contributed by atoms with Crippen LogP contribution in [-0.4, -0.2) is 49.8 Å². The topological polar surface area (TPSA) is 69.7 Å². The number of anilines is 1. The van der Waals surface area contributed by atoms with Crippen molar-refractivity contribution in [2.45, 2.75) is 5.75 Å². The first-order valence-electron chi connectivity index (χ1n) is 8.27. The van der Waals surface area contributed by atoms with Crippen LogP contribution < -0.4 is 5.32 Å². The van der Waals surface area contributed by atoms with Gasteiger partial charge in [0.15, 0.2) is 0 Å². The minimum absolute atomic E-state index is 0.0691. The van der Waals surface area contributed by atoms with Gasteiger partial charge >= 0.3 is 6.03 Å². The number of amides is 2. The van der Waals surface area contributed by atoms with E-state index in [0.29, 0.717) is 23.7 Å². The zero-order valence-electron chi connectivity index (χ0n) is 14.1. The molecule has 0 bridgehead atoms. The SMILES string of the molecule is O=C(Nc1ccccc1)N1CCN(S(=O)(=O)Cc2ccc(Cl)cc2)CC1. The second-order valence-electron chi connectivity index (χ2n) is 6.06. The fraction of sp³-hybridized carbons (Fsp3) is 0.278. The first-order valence-corrected chi connectivity index (χ1v) is 10.3. The number of carbonyl (C=O) groups is 1. The van der Waals surface area contributed by atoms with E-state index >= 15 is 0 Å². The Morgan fingerprint density at radius 2 is 1.58 bits per heavy atom. The predicted octanol–water partition coefficient (Wildman–Crippen LogP) is 3.02. The summed E-state index contributed by atoms with van der Waals surface area (Å²) in [6.07, 6.45) is 0. The average molecular weight is 394 g/mol. The van der Waals surface area contributed by atoms with Crippen molar-refractivity contribution in [3.63, 3.8) is 0 Å². The van der Waals surface area contributed by atoms with Crippen molar-refractivity contribution in [1.82, 2.24) is 9.21 Å². The number of nitrogens with one attached hydrogen (secondary N) is 1. The first kappa shape index (κ1) is 18.7. The largest absolute Gasteiger partial charge is 0.322 e. The van der Waals surface area contributed by atoms with Gasteiger partial charge in [-0.25, -0.2) is 13.2 Å². The van der Waals surface area contributed by atoms with Crippen molar-refractivity contribution in [3.05, 3.63) is 65.2 Å². The zero-order valence-corrected chi connectivity index (χ0v) is 15.7. The molecule has 1 fully saturated rings. The summed E-state index contributed by atoms with van der Waals surface area (Å²) in [7, 11) is -3.43. The van der Waals surface area contributed by atoms with E-state index in [0.717, 1.165) is 5.69 Å². The van der Waals surface area contributed by atoms with Crippen LogP contribution >= 0.6 is 11.6 Å². The average Bonchev–Trinajstić information content (AvgIpc) is 2.64. The number of para-hydroxylation sites is 1. The summed E-state index contributed by atoms with van der Waals surface area (Å²) in [6.45, 7) is 1.30. The maximum absolute atomic E-state index is 12.6. The van der Waals surface area contributed by atoms with E-state index in [1.807, 2.05) is 30.3 Å². The maximum Gasteiger partial charge on any atom is 0.321 e. The Balaban J connectivity index is 1.55. The molecule has 0 saturated carbocycles. The summed E-state index contributed by atoms with van der Waals surface area (Å²) in [5.74, 6) is -0.0691. The van der Waals surface area contributed by atoms with Gasteiger partial charge < -0.3 is 10.2 Å². The Kier molecular flexibility index (Phi) is 5.80. The number of hydrogen-bond donors (Lipinski definition) is 1. The molecule has 1 N–H and O–H groups in total. The summed E-state index contributed by atoms with van der Waals surface area (Å²) in [5, 5.41) is 3.39. The molecule has 2 aromatic rings. The van der Waals surface area contributed by atoms with Crippen LogP contribution in [0.4, 0.5) is 10.5 Å². The van der Waals surface area contributed by atoms with Crippen molar-refractivity contribution in [2.24, 2.45) is 0 Å². The van der Waals surface area contributed by atoms with Crippen molar-refractivity contribution in [3.8, 4) is 0 Å². The lowest BCUT2D eigenvalue weighted by Gasteiger charge is -2.34. The number of halogens is 1. The Bertz CT molecular complexity index is 849. The molecule has 6 nitrogen and oxygen atoms in total. The van der Waals surface area contributed by atoms with E-state index in [2.05, 4.69) is 5.32 Å². The van der Waals surface area contributed by atoms with Crippen molar-refractivity contribution >= 4 is 33.3 Å². The van der Waals surface area contributed by atoms with Gasteiger partial charge in [0.2, 0.25) is 10.0 Å². The minimum atomic E-state index is -3.43. The van der Waals surface area contributed by atoms with Crippen LogP contribution in [0.15, 0.2) is 54.6 Å². The van der Waals surface area contributed by atoms with Crippen LogP contribution in [0, 0.1) is 0 Å². The van der Waals surface area contributed by atoms with Gasteiger partial charge in [-0.3, -0.25) is 0 Å². The molecule has 1 saturated heterocycles. The lowest BCUT2D eigenvalue weighted by molar-refractivity contribution is 0.184. The Morgan fingerprint density at radius 3 is 2.19 bits per heavy atom. The number of piperazine rings is 1. The zero-order chi connectivity index (χ0) is 18.6. The fourth-order valence-electron chi connectivity index (χ4n) is 2.78. The number of sulfonamides is 1. The monoisotopic (exact) mass is 393 g/mol. The van der Waals surface area contributed by atoms with Crippen LogP contribution in [0.3, 0.4) is 0 Å². The molecule has 0 aromatic heterocycles. The quantitative estimate of drug-likeness (QED) is 0.868. The molecule has 0 radical (unpaired) electrons. The van der Waals surface area contributed by atoms with Crippen LogP contribution in [0.5, 0.6) is 0 Å². The summed E-state index contributed by atoms with van der Waals surface area (Å²) >= 11 is 5.83. The first-order chi connectivity index (χ1) is 12.4. The van der Waals surface area contributed by atoms with Crippen LogP contribution in [-0.2, 0) is 15.8 Å². The van der Waals surface area contributed by atoms with Gasteiger partial charge in [0.25, 0.3) is 0 Å². The third-order valence-corrected chi connectivity index (χ3v) is 6.31. The third-order valence-electron chi connectivity index (χ3n) is 4.21. The van der Waals surface area contributed by atoms with Gasteiger partial charge in [0.05, 0.1) is 5.75 Å². The van der Waals surface area contributed by atoms with Crippen molar-refractivity contribution < 1.29 is 13.2 Å². The van der Waals surface area contributed by atoms with Gasteiger partial charge in [0, 0.05) is 36.9 Å². The number of rotatable bonds is 4. The summed E-state index contributed by atoms with van der Waals surface area (Å²) < 4.78 is 26.6. The molecule has 26 heavy (non-hydrogen) atoms. The number of benzene rings is 2. The summed E-state index contributed by atoms with van der Waals surface area (Å²) in [5.41, 5.74) is 1.41. The molecular formula is C18H20ClN3O3S. The molecule has 1 aliphatic heterocycles. The molecule has 8 heteroatoms. The second-order valence-corrected chi connectivity index (χ2v) is 8.47. The molecular weight excluding hydrogens is 374 g/mol. The highest BCUT2D eigenvalue weighted by Crippen LogP contribution is 2.16. The van der Waals surface area contributed by atoms with Crippen molar-refractivity contribution in [2.75, 3.05) is 31.5 Å². The smallest absolute Gasteiger partial charge is 0.321 e. The van der Waals surface area contributed by atoms with E-state index in [1.165, 1.54) is 4.31 Å². The summed E-state index contributed by atoms with van der Waals surface area (Å²) in [6, 6.07) is 15.7. The Morgan fingerprint density at radius 1 is 0.962 bits per heavy atom. The molecule has 1 heterocycles. The fourth-order valence-corrected chi connectivity index (χ4v) is 4.42. The number of nitrogens with zero attached hydrogens (tertiary/aromatic N) is 2. The standard InChI is InChI=1S/C18H20ClN3O3S/c19-16-8-6-15(7-9-16)14-26(24,25)22-12-10-21(11-13-22)18(23)20-17-4-2-1-3-5-17/h1-9H,10-14H2,(H,20,23). The molecule has 138 valence electrons. The van der Waals surface area contributed by atoms with E-state index < -0.39 is 10.0 Å². The lowest BCUT2D eigenvalue weighted by Crippen LogP contribution is -2.51. The van der Waals surface area contributed by atoms with Crippen LogP contribution in [0.2, 0.25) is 5.02 Å². The molecule has 3 rings (SSSR count). The number of urea groups is 1. The lowest BCUT2D eigenvalue weighted by atomic mass is 10.2. The Labute approximate surface area is 158 Å². The highest BCUT2D eigenvalue weighted by molar-refractivity contribution is 7.88. The number of carbonyl (C=O) groups excluding carboxylic acids is 1. The number of hydrogen-bond acceptors (Lipinski definition) is 3. The normalized spacial score (nSPS) is 15.7. The Hall–Kier alpha value is -2.09. The van der Waals surface area contributed by atoms with Crippen molar-refractivity contribution in [1.29, 1.82) is 0 Å². The minimum Gasteiger partial charge on any atom is -0.322 e. The molecule has 0 unspecified atom stereocenters. The van der Waals surface area contributed by atoms with E-state index in [-0.39, 0.29) is 24.9 Å². The molecule has 0 spiro atoms. The highest BCUT2D eigenvalue weighted by Gasteiger charge is 2.29. The molecule has 0 atom stereocenters. The maximum atomic E-state index is 12.6. The third kappa shape index (κ3) is 4.75. The van der Waals surface area contributed by atoms with Gasteiger partial charge in [0.1, 0.15) is 0 Å². The predicted molar refractivity (Wildman–Crippen MR) is 103 cm³/mol. The van der Waals surface area contributed by atoms with Crippen LogP contribution in [0.25, 0.3) is 0 Å². The molecule has 2 aromatic carbocycles. The molecule has 2 amide bonds. The highest BCUT2D eigenvalue weighted by atomic mass is 35.5. The summed E-state index contributed by atoms with van der Waals surface area (Å²) in [4.78, 5) is 13.9. The van der Waals surface area contributed by atoms with Gasteiger partial charge in [-0.05, 0) is 29.8 Å². The van der Waals surface area contributed by atoms with E-state index in [1.54, 1.807) is 29.2 Å². The van der Waals surface area contributed by atoms with E-state index in [9.17, 15) is 13.2 Å². The second kappa shape index (κ2) is 8.07. The van der Waals surface area contributed by atoms with E-state index in [4.69, 9.17) is 11.6 Å².